The molecule has 0 radical (unpaired) electrons. The van der Waals surface area contributed by atoms with Crippen LogP contribution in [0.3, 0.4) is 0 Å². The highest BCUT2D eigenvalue weighted by Crippen LogP contribution is 2.21. The SMILES string of the molecule is CC1C(=O)NC(Cc2ccccc2)C(=O)N1CC(F)(F)F. The van der Waals surface area contributed by atoms with E-state index in [0.717, 1.165) is 5.56 Å². The van der Waals surface area contributed by atoms with Crippen molar-refractivity contribution in [3.63, 3.8) is 0 Å². The average molecular weight is 300 g/mol. The zero-order valence-electron chi connectivity index (χ0n) is 11.4. The second-order valence-electron chi connectivity index (χ2n) is 5.01. The van der Waals surface area contributed by atoms with Crippen LogP contribution in [0.25, 0.3) is 0 Å². The normalized spacial score (nSPS) is 23.1. The van der Waals surface area contributed by atoms with Crippen molar-refractivity contribution in [1.82, 2.24) is 10.2 Å². The Morgan fingerprint density at radius 1 is 1.19 bits per heavy atom. The molecular weight excluding hydrogens is 285 g/mol. The third-order valence-electron chi connectivity index (χ3n) is 3.38. The van der Waals surface area contributed by atoms with Crippen molar-refractivity contribution in [2.75, 3.05) is 6.54 Å². The van der Waals surface area contributed by atoms with Gasteiger partial charge in [-0.15, -0.1) is 0 Å². The fraction of sp³-hybridized carbons (Fsp3) is 0.429. The first kappa shape index (κ1) is 15.3. The summed E-state index contributed by atoms with van der Waals surface area (Å²) in [5.41, 5.74) is 0.776. The van der Waals surface area contributed by atoms with Gasteiger partial charge in [0.15, 0.2) is 0 Å². The van der Waals surface area contributed by atoms with Gasteiger partial charge in [0.2, 0.25) is 11.8 Å². The Morgan fingerprint density at radius 3 is 2.38 bits per heavy atom. The number of hydrogen-bond acceptors (Lipinski definition) is 2. The number of carbonyl (C=O) groups is 2. The number of benzene rings is 1. The van der Waals surface area contributed by atoms with Crippen LogP contribution in [0.2, 0.25) is 0 Å². The van der Waals surface area contributed by atoms with E-state index in [0.29, 0.717) is 4.90 Å². The summed E-state index contributed by atoms with van der Waals surface area (Å²) in [6.45, 7) is -0.122. The molecule has 2 amide bonds. The van der Waals surface area contributed by atoms with E-state index in [-0.39, 0.29) is 6.42 Å². The minimum atomic E-state index is -4.53. The van der Waals surface area contributed by atoms with E-state index in [1.807, 2.05) is 0 Å². The van der Waals surface area contributed by atoms with E-state index >= 15 is 0 Å². The van der Waals surface area contributed by atoms with Crippen LogP contribution in [0.4, 0.5) is 13.2 Å². The molecule has 1 aromatic rings. The van der Waals surface area contributed by atoms with Gasteiger partial charge in [-0.2, -0.15) is 13.2 Å². The molecule has 0 aromatic heterocycles. The molecular formula is C14H15F3N2O2. The largest absolute Gasteiger partial charge is 0.406 e. The topological polar surface area (TPSA) is 49.4 Å². The zero-order chi connectivity index (χ0) is 15.6. The molecule has 1 aliphatic heterocycles. The highest BCUT2D eigenvalue weighted by atomic mass is 19.4. The molecule has 2 unspecified atom stereocenters. The number of carbonyl (C=O) groups excluding carboxylic acids is 2. The lowest BCUT2D eigenvalue weighted by Gasteiger charge is -2.37. The zero-order valence-corrected chi connectivity index (χ0v) is 11.4. The quantitative estimate of drug-likeness (QED) is 0.920. The Bertz CT molecular complexity index is 531. The van der Waals surface area contributed by atoms with Crippen molar-refractivity contribution >= 4 is 11.8 Å². The number of alkyl halides is 3. The molecule has 1 fully saturated rings. The molecule has 7 heteroatoms. The van der Waals surface area contributed by atoms with Gasteiger partial charge in [0.25, 0.3) is 0 Å². The molecule has 4 nitrogen and oxygen atoms in total. The van der Waals surface area contributed by atoms with Crippen molar-refractivity contribution in [3.8, 4) is 0 Å². The van der Waals surface area contributed by atoms with Crippen LogP contribution in [0.15, 0.2) is 30.3 Å². The van der Waals surface area contributed by atoms with Crippen LogP contribution < -0.4 is 5.32 Å². The summed E-state index contributed by atoms with van der Waals surface area (Å²) in [4.78, 5) is 24.5. The molecule has 1 heterocycles. The lowest BCUT2D eigenvalue weighted by molar-refractivity contribution is -0.173. The van der Waals surface area contributed by atoms with E-state index in [1.165, 1.54) is 6.92 Å². The summed E-state index contributed by atoms with van der Waals surface area (Å²) >= 11 is 0. The lowest BCUT2D eigenvalue weighted by Crippen LogP contribution is -2.64. The molecule has 1 aliphatic rings. The van der Waals surface area contributed by atoms with E-state index in [2.05, 4.69) is 5.32 Å². The second-order valence-corrected chi connectivity index (χ2v) is 5.01. The number of rotatable bonds is 3. The summed E-state index contributed by atoms with van der Waals surface area (Å²) < 4.78 is 37.6. The number of nitrogens with zero attached hydrogens (tertiary/aromatic N) is 1. The van der Waals surface area contributed by atoms with Crippen molar-refractivity contribution in [1.29, 1.82) is 0 Å². The van der Waals surface area contributed by atoms with Gasteiger partial charge in [0, 0.05) is 6.42 Å². The molecule has 1 aromatic carbocycles. The van der Waals surface area contributed by atoms with E-state index < -0.39 is 36.6 Å². The third-order valence-corrected chi connectivity index (χ3v) is 3.38. The van der Waals surface area contributed by atoms with Gasteiger partial charge in [-0.05, 0) is 12.5 Å². The van der Waals surface area contributed by atoms with Gasteiger partial charge in [0.05, 0.1) is 0 Å². The number of amides is 2. The summed E-state index contributed by atoms with van der Waals surface area (Å²) in [5, 5.41) is 2.48. The number of halogens is 3. The first-order chi connectivity index (χ1) is 9.78. The predicted octanol–water partition coefficient (Wildman–Crippen LogP) is 1.51. The number of hydrogen-bond donors (Lipinski definition) is 1. The standard InChI is InChI=1S/C14H15F3N2O2/c1-9-12(20)18-11(7-10-5-3-2-4-6-10)13(21)19(9)8-14(15,16)17/h2-6,9,11H,7-8H2,1H3,(H,18,20). The maximum absolute atomic E-state index is 12.5. The maximum atomic E-state index is 12.5. The summed E-state index contributed by atoms with van der Waals surface area (Å²) in [6, 6.07) is 6.76. The minimum absolute atomic E-state index is 0.173. The molecule has 114 valence electrons. The fourth-order valence-corrected chi connectivity index (χ4v) is 2.28. The van der Waals surface area contributed by atoms with Gasteiger partial charge in [0.1, 0.15) is 18.6 Å². The Balaban J connectivity index is 2.16. The highest BCUT2D eigenvalue weighted by Gasteiger charge is 2.43. The number of piperazine rings is 1. The predicted molar refractivity (Wildman–Crippen MR) is 69.3 cm³/mol. The monoisotopic (exact) mass is 300 g/mol. The van der Waals surface area contributed by atoms with Crippen LogP contribution in [0.5, 0.6) is 0 Å². The fourth-order valence-electron chi connectivity index (χ4n) is 2.28. The van der Waals surface area contributed by atoms with Crippen LogP contribution >= 0.6 is 0 Å². The first-order valence-electron chi connectivity index (χ1n) is 6.49. The van der Waals surface area contributed by atoms with Gasteiger partial charge < -0.3 is 10.2 Å². The summed E-state index contributed by atoms with van der Waals surface area (Å²) in [7, 11) is 0. The third kappa shape index (κ3) is 3.74. The molecule has 1 N–H and O–H groups in total. The Labute approximate surface area is 119 Å². The van der Waals surface area contributed by atoms with Gasteiger partial charge in [-0.3, -0.25) is 9.59 Å². The molecule has 21 heavy (non-hydrogen) atoms. The van der Waals surface area contributed by atoms with Gasteiger partial charge >= 0.3 is 6.18 Å². The van der Waals surface area contributed by atoms with Crippen LogP contribution in [0.1, 0.15) is 12.5 Å². The van der Waals surface area contributed by atoms with Crippen LogP contribution in [0, 0.1) is 0 Å². The first-order valence-corrected chi connectivity index (χ1v) is 6.49. The number of nitrogens with one attached hydrogen (secondary N) is 1. The lowest BCUT2D eigenvalue weighted by atomic mass is 10.0. The Hall–Kier alpha value is -2.05. The van der Waals surface area contributed by atoms with E-state index in [9.17, 15) is 22.8 Å². The van der Waals surface area contributed by atoms with Crippen molar-refractivity contribution in [2.45, 2.75) is 31.6 Å². The van der Waals surface area contributed by atoms with Crippen molar-refractivity contribution in [3.05, 3.63) is 35.9 Å². The molecule has 0 spiro atoms. The molecule has 2 atom stereocenters. The Morgan fingerprint density at radius 2 is 1.81 bits per heavy atom. The molecule has 0 bridgehead atoms. The van der Waals surface area contributed by atoms with Crippen LogP contribution in [-0.2, 0) is 16.0 Å². The molecule has 0 saturated carbocycles. The smallest absolute Gasteiger partial charge is 0.342 e. The average Bonchev–Trinajstić information content (AvgIpc) is 2.41. The molecule has 2 rings (SSSR count). The van der Waals surface area contributed by atoms with Gasteiger partial charge in [-0.1, -0.05) is 30.3 Å². The summed E-state index contributed by atoms with van der Waals surface area (Å²) in [6.07, 6.45) is -4.36. The molecule has 1 saturated heterocycles. The minimum Gasteiger partial charge on any atom is -0.342 e. The van der Waals surface area contributed by atoms with Crippen molar-refractivity contribution < 1.29 is 22.8 Å². The Kier molecular flexibility index (Phi) is 4.20. The van der Waals surface area contributed by atoms with Crippen LogP contribution in [-0.4, -0.2) is 41.5 Å². The molecule has 0 aliphatic carbocycles. The van der Waals surface area contributed by atoms with E-state index in [4.69, 9.17) is 0 Å². The highest BCUT2D eigenvalue weighted by molar-refractivity contribution is 5.96. The van der Waals surface area contributed by atoms with Crippen molar-refractivity contribution in [2.24, 2.45) is 0 Å². The maximum Gasteiger partial charge on any atom is 0.406 e. The van der Waals surface area contributed by atoms with Gasteiger partial charge in [-0.25, -0.2) is 0 Å². The summed E-state index contributed by atoms with van der Waals surface area (Å²) in [5.74, 6) is -1.27. The van der Waals surface area contributed by atoms with E-state index in [1.54, 1.807) is 30.3 Å². The second kappa shape index (κ2) is 5.75.